The van der Waals surface area contributed by atoms with Gasteiger partial charge in [-0.1, -0.05) is 11.6 Å². The third-order valence-electron chi connectivity index (χ3n) is 6.37. The van der Waals surface area contributed by atoms with E-state index in [1.165, 1.54) is 18.2 Å². The Balaban J connectivity index is 1.49. The van der Waals surface area contributed by atoms with Gasteiger partial charge in [0.15, 0.2) is 5.65 Å². The van der Waals surface area contributed by atoms with Crippen molar-refractivity contribution >= 4 is 44.7 Å². The molecular formula is C23H26ClFN6O3S. The fraction of sp³-hybridized carbons (Fsp3) is 0.435. The van der Waals surface area contributed by atoms with Crippen molar-refractivity contribution in [2.24, 2.45) is 0 Å². The number of nitrogens with one attached hydrogen (secondary N) is 1. The minimum absolute atomic E-state index is 0.184. The van der Waals surface area contributed by atoms with Crippen LogP contribution in [0.4, 0.5) is 15.9 Å². The van der Waals surface area contributed by atoms with Crippen molar-refractivity contribution in [1.82, 2.24) is 19.5 Å². The standard InChI is InChI=1S/C23H26ClFN6O3S/c1-14-11-31-21(26-22(14)29-12-16(25)13-29)10-19(27-31)20-5-3-4-8-30(20)23(32)17-9-15(24)6-7-18(17)28-35(2,33)34/h6-7,9-11,16,20,28H,3-5,8,12-13H2,1-2H3/t20-/m0/s1. The van der Waals surface area contributed by atoms with E-state index in [9.17, 15) is 17.6 Å². The minimum Gasteiger partial charge on any atom is -0.350 e. The number of piperidine rings is 1. The van der Waals surface area contributed by atoms with Gasteiger partial charge in [0.1, 0.15) is 12.0 Å². The van der Waals surface area contributed by atoms with Crippen LogP contribution in [0.3, 0.4) is 0 Å². The highest BCUT2D eigenvalue weighted by molar-refractivity contribution is 7.92. The molecule has 1 aromatic carbocycles. The molecule has 0 unspecified atom stereocenters. The molecular weight excluding hydrogens is 495 g/mol. The van der Waals surface area contributed by atoms with E-state index < -0.39 is 16.2 Å². The number of amides is 1. The van der Waals surface area contributed by atoms with E-state index in [1.54, 1.807) is 9.42 Å². The average molecular weight is 521 g/mol. The SMILES string of the molecule is Cc1cn2nc([C@@H]3CCCCN3C(=O)c3cc(Cl)ccc3NS(C)(=O)=O)cc2nc1N1CC(F)C1. The molecule has 35 heavy (non-hydrogen) atoms. The molecule has 1 N–H and O–H groups in total. The fourth-order valence-corrected chi connectivity index (χ4v) is 5.47. The maximum Gasteiger partial charge on any atom is 0.256 e. The van der Waals surface area contributed by atoms with Crippen LogP contribution in [-0.2, 0) is 10.0 Å². The largest absolute Gasteiger partial charge is 0.350 e. The Kier molecular flexibility index (Phi) is 6.08. The second kappa shape index (κ2) is 8.94. The number of likely N-dealkylation sites (tertiary alicyclic amines) is 1. The number of halogens is 2. The van der Waals surface area contributed by atoms with Crippen LogP contribution in [0.5, 0.6) is 0 Å². The summed E-state index contributed by atoms with van der Waals surface area (Å²) in [5.41, 5.74) is 2.60. The number of carbonyl (C=O) groups is 1. The second-order valence-electron chi connectivity index (χ2n) is 9.20. The van der Waals surface area contributed by atoms with Gasteiger partial charge in [-0.2, -0.15) is 5.10 Å². The number of aryl methyl sites for hydroxylation is 1. The molecule has 4 heterocycles. The number of fused-ring (bicyclic) bond motifs is 1. The third kappa shape index (κ3) is 4.79. The number of carbonyl (C=O) groups excluding carboxylic acids is 1. The zero-order chi connectivity index (χ0) is 24.9. The van der Waals surface area contributed by atoms with Crippen molar-refractivity contribution in [3.8, 4) is 0 Å². The van der Waals surface area contributed by atoms with Gasteiger partial charge in [0.05, 0.1) is 42.3 Å². The number of nitrogens with zero attached hydrogens (tertiary/aromatic N) is 5. The Morgan fingerprint density at radius 3 is 2.71 bits per heavy atom. The molecule has 2 aliphatic heterocycles. The summed E-state index contributed by atoms with van der Waals surface area (Å²) >= 11 is 6.16. The van der Waals surface area contributed by atoms with Gasteiger partial charge in [-0.3, -0.25) is 9.52 Å². The minimum atomic E-state index is -3.59. The van der Waals surface area contributed by atoms with E-state index in [1.807, 2.05) is 24.1 Å². The van der Waals surface area contributed by atoms with Crippen molar-refractivity contribution in [3.05, 3.63) is 52.3 Å². The van der Waals surface area contributed by atoms with Crippen LogP contribution >= 0.6 is 11.6 Å². The molecule has 186 valence electrons. The molecule has 0 saturated carbocycles. The monoisotopic (exact) mass is 520 g/mol. The third-order valence-corrected chi connectivity index (χ3v) is 7.20. The number of benzene rings is 1. The first-order valence-electron chi connectivity index (χ1n) is 11.4. The van der Waals surface area contributed by atoms with E-state index in [4.69, 9.17) is 21.7 Å². The van der Waals surface area contributed by atoms with Gasteiger partial charge >= 0.3 is 0 Å². The van der Waals surface area contributed by atoms with E-state index >= 15 is 0 Å². The Morgan fingerprint density at radius 1 is 1.23 bits per heavy atom. The Hall–Kier alpha value is -2.92. The molecule has 1 atom stereocenters. The van der Waals surface area contributed by atoms with Gasteiger partial charge in [0.25, 0.3) is 5.91 Å². The van der Waals surface area contributed by atoms with Crippen LogP contribution in [0.2, 0.25) is 5.02 Å². The summed E-state index contributed by atoms with van der Waals surface area (Å²) in [6.07, 6.45) is 4.54. The molecule has 1 amide bonds. The van der Waals surface area contributed by atoms with Crippen molar-refractivity contribution in [2.45, 2.75) is 38.4 Å². The van der Waals surface area contributed by atoms with E-state index in [-0.39, 0.29) is 23.2 Å². The van der Waals surface area contributed by atoms with Gasteiger partial charge in [-0.05, 0) is 44.4 Å². The van der Waals surface area contributed by atoms with E-state index in [2.05, 4.69) is 4.72 Å². The highest BCUT2D eigenvalue weighted by atomic mass is 35.5. The summed E-state index contributed by atoms with van der Waals surface area (Å²) in [5.74, 6) is 0.421. The highest BCUT2D eigenvalue weighted by Crippen LogP contribution is 2.34. The van der Waals surface area contributed by atoms with Crippen LogP contribution < -0.4 is 9.62 Å². The quantitative estimate of drug-likeness (QED) is 0.552. The Bertz CT molecular complexity index is 1410. The average Bonchev–Trinajstić information content (AvgIpc) is 3.19. The lowest BCUT2D eigenvalue weighted by Crippen LogP contribution is -2.49. The van der Waals surface area contributed by atoms with E-state index in [0.29, 0.717) is 42.4 Å². The molecule has 12 heteroatoms. The predicted octanol–water partition coefficient (Wildman–Crippen LogP) is 3.59. The number of rotatable bonds is 5. The number of aromatic nitrogens is 3. The lowest BCUT2D eigenvalue weighted by atomic mass is 9.98. The Labute approximate surface area is 207 Å². The molecule has 2 aromatic heterocycles. The summed E-state index contributed by atoms with van der Waals surface area (Å²) in [6.45, 7) is 3.09. The second-order valence-corrected chi connectivity index (χ2v) is 11.4. The molecule has 5 rings (SSSR count). The zero-order valence-electron chi connectivity index (χ0n) is 19.4. The van der Waals surface area contributed by atoms with Crippen molar-refractivity contribution in [1.29, 1.82) is 0 Å². The number of sulfonamides is 1. The molecule has 2 aliphatic rings. The number of hydrogen-bond acceptors (Lipinski definition) is 6. The number of alkyl halides is 1. The predicted molar refractivity (Wildman–Crippen MR) is 132 cm³/mol. The molecule has 3 aromatic rings. The zero-order valence-corrected chi connectivity index (χ0v) is 21.0. The lowest BCUT2D eigenvalue weighted by molar-refractivity contribution is 0.0607. The molecule has 2 fully saturated rings. The molecule has 9 nitrogen and oxygen atoms in total. The first-order valence-corrected chi connectivity index (χ1v) is 13.7. The van der Waals surface area contributed by atoms with Crippen molar-refractivity contribution < 1.29 is 17.6 Å². The summed E-state index contributed by atoms with van der Waals surface area (Å²) in [6, 6.07) is 6.07. The van der Waals surface area contributed by atoms with Crippen LogP contribution in [0.15, 0.2) is 30.5 Å². The number of hydrogen-bond donors (Lipinski definition) is 1. The highest BCUT2D eigenvalue weighted by Gasteiger charge is 2.33. The first-order chi connectivity index (χ1) is 16.6. The molecule has 2 saturated heterocycles. The molecule has 0 bridgehead atoms. The van der Waals surface area contributed by atoms with Gasteiger partial charge in [-0.25, -0.2) is 22.3 Å². The summed E-state index contributed by atoms with van der Waals surface area (Å²) in [4.78, 5) is 22.0. The molecule has 0 aliphatic carbocycles. The van der Waals surface area contributed by atoms with Crippen LogP contribution in [0.1, 0.15) is 46.9 Å². The lowest BCUT2D eigenvalue weighted by Gasteiger charge is -2.36. The van der Waals surface area contributed by atoms with Crippen LogP contribution in [0, 0.1) is 6.92 Å². The van der Waals surface area contributed by atoms with Gasteiger partial charge in [0, 0.05) is 29.4 Å². The maximum atomic E-state index is 13.7. The normalized spacial score (nSPS) is 19.1. The van der Waals surface area contributed by atoms with Crippen LogP contribution in [-0.4, -0.2) is 65.9 Å². The topological polar surface area (TPSA) is 99.9 Å². The Morgan fingerprint density at radius 2 is 2.00 bits per heavy atom. The van der Waals surface area contributed by atoms with Crippen molar-refractivity contribution in [3.63, 3.8) is 0 Å². The van der Waals surface area contributed by atoms with Crippen LogP contribution in [0.25, 0.3) is 5.65 Å². The molecule has 0 spiro atoms. The van der Waals surface area contributed by atoms with Gasteiger partial charge in [0.2, 0.25) is 10.0 Å². The first kappa shape index (κ1) is 23.8. The summed E-state index contributed by atoms with van der Waals surface area (Å²) in [5, 5.41) is 5.05. The van der Waals surface area contributed by atoms with E-state index in [0.717, 1.165) is 30.5 Å². The smallest absolute Gasteiger partial charge is 0.256 e. The van der Waals surface area contributed by atoms with Gasteiger partial charge < -0.3 is 9.80 Å². The van der Waals surface area contributed by atoms with Crippen molar-refractivity contribution in [2.75, 3.05) is 35.5 Å². The van der Waals surface area contributed by atoms with Gasteiger partial charge in [-0.15, -0.1) is 0 Å². The summed E-state index contributed by atoms with van der Waals surface area (Å²) < 4.78 is 41.2. The fourth-order valence-electron chi connectivity index (χ4n) is 4.72. The maximum absolute atomic E-state index is 13.7. The summed E-state index contributed by atoms with van der Waals surface area (Å²) in [7, 11) is -3.59. The number of anilines is 2. The molecule has 0 radical (unpaired) electrons.